The minimum atomic E-state index is -1.22. The predicted molar refractivity (Wildman–Crippen MR) is 91.7 cm³/mol. The highest BCUT2D eigenvalue weighted by molar-refractivity contribution is 7.11. The number of thiazole rings is 1. The molecule has 26 heavy (non-hydrogen) atoms. The van der Waals surface area contributed by atoms with Gasteiger partial charge in [0.25, 0.3) is 0 Å². The summed E-state index contributed by atoms with van der Waals surface area (Å²) in [5.74, 6) is 0.376. The molecular weight excluding hydrogens is 362 g/mol. The van der Waals surface area contributed by atoms with Crippen LogP contribution in [0, 0.1) is 0 Å². The molecule has 1 unspecified atom stereocenters. The molecule has 12 heteroatoms. The minimum absolute atomic E-state index is 0.376. The van der Waals surface area contributed by atoms with Gasteiger partial charge in [-0.25, -0.2) is 15.0 Å². The lowest BCUT2D eigenvalue weighted by Crippen LogP contribution is -2.33. The van der Waals surface area contributed by atoms with Crippen LogP contribution in [0.1, 0.15) is 11.1 Å². The molecule has 136 valence electrons. The van der Waals surface area contributed by atoms with Gasteiger partial charge in [-0.15, -0.1) is 11.3 Å². The Morgan fingerprint density at radius 3 is 2.92 bits per heavy atom. The van der Waals surface area contributed by atoms with E-state index in [1.807, 2.05) is 0 Å². The van der Waals surface area contributed by atoms with Gasteiger partial charge < -0.3 is 20.1 Å². The molecule has 3 aromatic rings. The zero-order chi connectivity index (χ0) is 18.1. The number of hydrogen-bond donors (Lipinski definition) is 4. The molecule has 0 radical (unpaired) electrons. The lowest BCUT2D eigenvalue weighted by Gasteiger charge is -2.16. The van der Waals surface area contributed by atoms with E-state index in [9.17, 15) is 15.3 Å². The number of anilines is 1. The Hall–Kier alpha value is -2.51. The fraction of sp³-hybridized carbons (Fsp3) is 0.357. The second-order valence-electron chi connectivity index (χ2n) is 5.55. The quantitative estimate of drug-likeness (QED) is 0.335. The molecule has 3 aromatic heterocycles. The highest BCUT2D eigenvalue weighted by Gasteiger charge is 2.44. The third-order valence-electron chi connectivity index (χ3n) is 3.96. The largest absolute Gasteiger partial charge is 0.394 e. The summed E-state index contributed by atoms with van der Waals surface area (Å²) in [4.78, 5) is 17.4. The van der Waals surface area contributed by atoms with Crippen LogP contribution in [0.2, 0.25) is 0 Å². The molecule has 0 aliphatic carbocycles. The first-order chi connectivity index (χ1) is 12.7. The number of fused-ring (bicyclic) bond motifs is 1. The second kappa shape index (κ2) is 7.01. The summed E-state index contributed by atoms with van der Waals surface area (Å²) in [6, 6.07) is 0. The normalized spacial score (nSPS) is 26.1. The third kappa shape index (κ3) is 2.93. The van der Waals surface area contributed by atoms with Crippen molar-refractivity contribution in [3.8, 4) is 0 Å². The van der Waals surface area contributed by atoms with Crippen LogP contribution in [-0.2, 0) is 4.74 Å². The average molecular weight is 377 g/mol. The fourth-order valence-corrected chi connectivity index (χ4v) is 3.15. The maximum absolute atomic E-state index is 10.2. The second-order valence-corrected chi connectivity index (χ2v) is 6.47. The zero-order valence-electron chi connectivity index (χ0n) is 13.2. The number of aliphatic hydroxyl groups is 3. The molecule has 0 aromatic carbocycles. The monoisotopic (exact) mass is 377 g/mol. The Labute approximate surface area is 150 Å². The number of aliphatic hydroxyl groups excluding tert-OH is 3. The van der Waals surface area contributed by atoms with E-state index in [1.54, 1.807) is 17.9 Å². The van der Waals surface area contributed by atoms with Gasteiger partial charge in [0.05, 0.1) is 29.5 Å². The molecule has 0 bridgehead atoms. The van der Waals surface area contributed by atoms with Crippen LogP contribution in [0.25, 0.3) is 11.2 Å². The Bertz CT molecular complexity index is 915. The summed E-state index contributed by atoms with van der Waals surface area (Å²) in [5.41, 5.74) is 5.32. The van der Waals surface area contributed by atoms with Gasteiger partial charge in [-0.2, -0.15) is 5.10 Å². The van der Waals surface area contributed by atoms with Crippen molar-refractivity contribution in [2.24, 2.45) is 5.10 Å². The lowest BCUT2D eigenvalue weighted by atomic mass is 10.1. The summed E-state index contributed by atoms with van der Waals surface area (Å²) < 4.78 is 7.00. The van der Waals surface area contributed by atoms with Gasteiger partial charge >= 0.3 is 0 Å². The van der Waals surface area contributed by atoms with Gasteiger partial charge in [-0.3, -0.25) is 15.0 Å². The standard InChI is InChI=1S/C14H15N7O4S/c22-3-8-10(23)11(24)14(25-8)21-5-18-9-12(16-4-17-13(9)21)20-19-2-7-1-15-6-26-7/h1-2,4-6,8,10-11,14,22-24H,3H2,(H,16,17,20)/b19-2+/t8-,10?,11+,14-/m1/s1. The fourth-order valence-electron chi connectivity index (χ4n) is 2.68. The van der Waals surface area contributed by atoms with Gasteiger partial charge in [-0.1, -0.05) is 0 Å². The summed E-state index contributed by atoms with van der Waals surface area (Å²) in [6.45, 7) is -0.407. The van der Waals surface area contributed by atoms with Crippen LogP contribution >= 0.6 is 11.3 Å². The maximum atomic E-state index is 10.2. The van der Waals surface area contributed by atoms with Crippen LogP contribution in [0.15, 0.2) is 29.5 Å². The molecule has 4 rings (SSSR count). The summed E-state index contributed by atoms with van der Waals surface area (Å²) in [5, 5.41) is 33.4. The molecule has 1 saturated heterocycles. The van der Waals surface area contributed by atoms with Crippen molar-refractivity contribution < 1.29 is 20.1 Å². The molecule has 0 amide bonds. The smallest absolute Gasteiger partial charge is 0.177 e. The van der Waals surface area contributed by atoms with Crippen LogP contribution in [0.5, 0.6) is 0 Å². The maximum Gasteiger partial charge on any atom is 0.177 e. The molecule has 4 N–H and O–H groups in total. The number of ether oxygens (including phenoxy) is 1. The topological polar surface area (TPSA) is 151 Å². The summed E-state index contributed by atoms with van der Waals surface area (Å²) in [7, 11) is 0. The number of rotatable bonds is 5. The molecule has 0 saturated carbocycles. The number of nitrogens with zero attached hydrogens (tertiary/aromatic N) is 6. The molecular formula is C14H15N7O4S. The van der Waals surface area contributed by atoms with Crippen molar-refractivity contribution in [2.75, 3.05) is 12.0 Å². The summed E-state index contributed by atoms with van der Waals surface area (Å²) in [6.07, 6.45) is 1.82. The SMILES string of the molecule is OC[C@H]1O[C@@H](n2cnc3c(N/N=C/c4cncs4)ncnc32)[C@@H](O)C1O. The van der Waals surface area contributed by atoms with Crippen LogP contribution in [0.3, 0.4) is 0 Å². The first-order valence-electron chi connectivity index (χ1n) is 7.66. The predicted octanol–water partition coefficient (Wildman–Crippen LogP) is -0.660. The first-order valence-corrected chi connectivity index (χ1v) is 8.54. The first kappa shape index (κ1) is 16.9. The Morgan fingerprint density at radius 2 is 2.19 bits per heavy atom. The van der Waals surface area contributed by atoms with Gasteiger partial charge in [-0.05, 0) is 0 Å². The Kier molecular flexibility index (Phi) is 4.57. The van der Waals surface area contributed by atoms with Gasteiger partial charge in [0.15, 0.2) is 23.2 Å². The van der Waals surface area contributed by atoms with Gasteiger partial charge in [0.2, 0.25) is 0 Å². The van der Waals surface area contributed by atoms with Crippen molar-refractivity contribution in [1.82, 2.24) is 24.5 Å². The van der Waals surface area contributed by atoms with Gasteiger partial charge in [0.1, 0.15) is 24.6 Å². The van der Waals surface area contributed by atoms with E-state index in [1.165, 1.54) is 28.6 Å². The van der Waals surface area contributed by atoms with Crippen molar-refractivity contribution in [3.05, 3.63) is 29.2 Å². The van der Waals surface area contributed by atoms with Crippen molar-refractivity contribution >= 4 is 34.5 Å². The van der Waals surface area contributed by atoms with E-state index in [2.05, 4.69) is 30.5 Å². The van der Waals surface area contributed by atoms with Crippen molar-refractivity contribution in [1.29, 1.82) is 0 Å². The number of aromatic nitrogens is 5. The highest BCUT2D eigenvalue weighted by atomic mass is 32.1. The third-order valence-corrected chi connectivity index (χ3v) is 4.67. The number of imidazole rings is 1. The van der Waals surface area contributed by atoms with Gasteiger partial charge in [0, 0.05) is 6.20 Å². The average Bonchev–Trinajstić information content (AvgIpc) is 3.37. The van der Waals surface area contributed by atoms with E-state index in [0.717, 1.165) is 4.88 Å². The molecule has 1 aliphatic heterocycles. The summed E-state index contributed by atoms with van der Waals surface area (Å²) >= 11 is 1.44. The molecule has 11 nitrogen and oxygen atoms in total. The van der Waals surface area contributed by atoms with E-state index in [0.29, 0.717) is 17.0 Å². The number of nitrogens with one attached hydrogen (secondary N) is 1. The molecule has 0 spiro atoms. The Balaban J connectivity index is 1.61. The van der Waals surface area contributed by atoms with E-state index >= 15 is 0 Å². The molecule has 4 atom stereocenters. The number of hydrogen-bond acceptors (Lipinski definition) is 11. The molecule has 1 aliphatic rings. The van der Waals surface area contributed by atoms with E-state index in [-0.39, 0.29) is 0 Å². The van der Waals surface area contributed by atoms with Crippen molar-refractivity contribution in [3.63, 3.8) is 0 Å². The minimum Gasteiger partial charge on any atom is -0.394 e. The molecule has 4 heterocycles. The Morgan fingerprint density at radius 1 is 1.31 bits per heavy atom. The van der Waals surface area contributed by atoms with Crippen LogP contribution < -0.4 is 5.43 Å². The van der Waals surface area contributed by atoms with Crippen molar-refractivity contribution in [2.45, 2.75) is 24.5 Å². The van der Waals surface area contributed by atoms with Crippen LogP contribution in [0.4, 0.5) is 5.82 Å². The molecule has 1 fully saturated rings. The van der Waals surface area contributed by atoms with Crippen LogP contribution in [-0.4, -0.2) is 71.0 Å². The number of hydrazone groups is 1. The zero-order valence-corrected chi connectivity index (χ0v) is 14.1. The van der Waals surface area contributed by atoms with E-state index < -0.39 is 31.1 Å². The lowest BCUT2D eigenvalue weighted by molar-refractivity contribution is -0.0511. The van der Waals surface area contributed by atoms with E-state index in [4.69, 9.17) is 4.74 Å². The highest BCUT2D eigenvalue weighted by Crippen LogP contribution is 2.32.